The summed E-state index contributed by atoms with van der Waals surface area (Å²) in [5, 5.41) is 7.61. The zero-order valence-corrected chi connectivity index (χ0v) is 25.4. The molecular weight excluding hydrogens is 531 g/mol. The van der Waals surface area contributed by atoms with E-state index in [2.05, 4.69) is 43.2 Å². The van der Waals surface area contributed by atoms with Crippen molar-refractivity contribution in [1.29, 1.82) is 0 Å². The van der Waals surface area contributed by atoms with Gasteiger partial charge in [0, 0.05) is 45.0 Å². The molecule has 4 fully saturated rings. The van der Waals surface area contributed by atoms with Crippen LogP contribution in [0.5, 0.6) is 0 Å². The second kappa shape index (κ2) is 11.0. The topological polar surface area (TPSA) is 83.7 Å². The van der Waals surface area contributed by atoms with Crippen molar-refractivity contribution >= 4 is 22.5 Å². The summed E-state index contributed by atoms with van der Waals surface area (Å²) in [5.41, 5.74) is 1.97. The van der Waals surface area contributed by atoms with Crippen LogP contribution in [0.3, 0.4) is 0 Å². The third kappa shape index (κ3) is 5.16. The van der Waals surface area contributed by atoms with Crippen molar-refractivity contribution < 1.29 is 4.39 Å². The molecule has 1 saturated heterocycles. The molecule has 5 atom stereocenters. The van der Waals surface area contributed by atoms with Crippen molar-refractivity contribution in [3.05, 3.63) is 74.7 Å². The van der Waals surface area contributed by atoms with Crippen molar-refractivity contribution in [2.45, 2.75) is 65.6 Å². The average Bonchev–Trinajstić information content (AvgIpc) is 2.97. The third-order valence-corrected chi connectivity index (χ3v) is 10.4. The first kappa shape index (κ1) is 28.6. The molecule has 3 saturated carbocycles. The van der Waals surface area contributed by atoms with Gasteiger partial charge in [0.1, 0.15) is 5.82 Å². The van der Waals surface area contributed by atoms with Crippen LogP contribution in [0.1, 0.15) is 46.1 Å². The molecule has 3 aliphatic carbocycles. The molecule has 0 amide bonds. The first-order valence-electron chi connectivity index (χ1n) is 15.3. The van der Waals surface area contributed by atoms with Gasteiger partial charge in [0.25, 0.3) is 5.56 Å². The minimum absolute atomic E-state index is 0.226. The quantitative estimate of drug-likeness (QED) is 0.352. The van der Waals surface area contributed by atoms with E-state index in [1.54, 1.807) is 25.2 Å². The molecule has 42 heavy (non-hydrogen) atoms. The molecule has 7 rings (SSSR count). The zero-order valence-electron chi connectivity index (χ0n) is 25.4. The van der Waals surface area contributed by atoms with Crippen LogP contribution in [0, 0.1) is 29.0 Å². The van der Waals surface area contributed by atoms with E-state index in [9.17, 15) is 14.0 Å². The Morgan fingerprint density at radius 2 is 1.88 bits per heavy atom. The van der Waals surface area contributed by atoms with E-state index < -0.39 is 0 Å². The highest BCUT2D eigenvalue weighted by Gasteiger charge is 2.56. The Balaban J connectivity index is 1.29. The van der Waals surface area contributed by atoms with Gasteiger partial charge in [0.05, 0.1) is 16.9 Å². The van der Waals surface area contributed by atoms with E-state index >= 15 is 0 Å². The number of piperazine rings is 1. The second-order valence-corrected chi connectivity index (χ2v) is 13.3. The maximum atomic E-state index is 13.4. The zero-order chi connectivity index (χ0) is 29.8. The fraction of sp³-hybridized carbons (Fsp3) is 0.545. The molecule has 224 valence electrons. The number of hydrogen-bond acceptors (Lipinski definition) is 4. The van der Waals surface area contributed by atoms with Crippen molar-refractivity contribution in [3.63, 3.8) is 0 Å². The van der Waals surface area contributed by atoms with Gasteiger partial charge in [-0.2, -0.15) is 0 Å². The third-order valence-electron chi connectivity index (χ3n) is 10.4. The fourth-order valence-corrected chi connectivity index (χ4v) is 7.57. The van der Waals surface area contributed by atoms with Gasteiger partial charge < -0.3 is 15.5 Å². The fourth-order valence-electron chi connectivity index (χ4n) is 7.57. The minimum atomic E-state index is -0.366. The number of nitrogens with zero attached hydrogens (tertiary/aromatic N) is 4. The predicted molar refractivity (Wildman–Crippen MR) is 167 cm³/mol. The lowest BCUT2D eigenvalue weighted by molar-refractivity contribution is -0.108. The molecule has 1 aliphatic heterocycles. The van der Waals surface area contributed by atoms with Gasteiger partial charge in [-0.05, 0) is 85.3 Å². The Morgan fingerprint density at radius 1 is 1.12 bits per heavy atom. The van der Waals surface area contributed by atoms with Crippen molar-refractivity contribution in [2.75, 3.05) is 25.0 Å². The Kier molecular flexibility index (Phi) is 7.50. The van der Waals surface area contributed by atoms with Gasteiger partial charge in [0.2, 0.25) is 0 Å². The molecule has 2 aromatic carbocycles. The number of halogens is 1. The summed E-state index contributed by atoms with van der Waals surface area (Å²) in [5.74, 6) is 2.50. The summed E-state index contributed by atoms with van der Waals surface area (Å²) >= 11 is 0. The Hall–Kier alpha value is -3.46. The molecule has 9 heteroatoms. The predicted octanol–water partition coefficient (Wildman–Crippen LogP) is 4.21. The van der Waals surface area contributed by atoms with E-state index in [-0.39, 0.29) is 29.7 Å². The molecule has 1 unspecified atom stereocenters. The molecular formula is C33H43FN6O2. The number of hydrogen-bond donors (Lipinski definition) is 2. The van der Waals surface area contributed by atoms with Gasteiger partial charge in [0.15, 0.2) is 5.96 Å². The minimum Gasteiger partial charge on any atom is -0.340 e. The number of anilines is 1. The number of aryl methyl sites for hydroxylation is 2. The normalized spacial score (nSPS) is 27.1. The molecule has 3 aromatic rings. The summed E-state index contributed by atoms with van der Waals surface area (Å²) in [6.45, 7) is 12.2. The molecule has 4 aliphatic rings. The first-order valence-corrected chi connectivity index (χ1v) is 15.3. The van der Waals surface area contributed by atoms with E-state index in [1.807, 2.05) is 12.1 Å². The largest absolute Gasteiger partial charge is 0.340 e. The lowest BCUT2D eigenvalue weighted by atomic mass is 9.45. The second-order valence-electron chi connectivity index (χ2n) is 13.3. The van der Waals surface area contributed by atoms with Crippen molar-refractivity contribution in [2.24, 2.45) is 35.2 Å². The molecule has 0 radical (unpaired) electrons. The van der Waals surface area contributed by atoms with Crippen molar-refractivity contribution in [3.8, 4) is 0 Å². The van der Waals surface area contributed by atoms with Crippen LogP contribution >= 0.6 is 0 Å². The maximum absolute atomic E-state index is 13.4. The van der Waals surface area contributed by atoms with E-state index in [1.165, 1.54) is 27.7 Å². The van der Waals surface area contributed by atoms with Crippen molar-refractivity contribution in [1.82, 2.24) is 19.4 Å². The Morgan fingerprint density at radius 3 is 2.57 bits per heavy atom. The highest BCUT2D eigenvalue weighted by Crippen LogP contribution is 2.61. The number of fused-ring (bicyclic) bond motifs is 3. The van der Waals surface area contributed by atoms with Crippen LogP contribution in [-0.4, -0.2) is 51.7 Å². The van der Waals surface area contributed by atoms with E-state index in [4.69, 9.17) is 4.99 Å². The van der Waals surface area contributed by atoms with Crippen LogP contribution in [-0.2, 0) is 20.0 Å². The summed E-state index contributed by atoms with van der Waals surface area (Å²) in [7, 11) is 1.70. The smallest absolute Gasteiger partial charge is 0.331 e. The lowest BCUT2D eigenvalue weighted by Crippen LogP contribution is -2.57. The monoisotopic (exact) mass is 574 g/mol. The maximum Gasteiger partial charge on any atom is 0.331 e. The molecule has 0 spiro atoms. The lowest BCUT2D eigenvalue weighted by Gasteiger charge is -2.61. The average molecular weight is 575 g/mol. The number of guanidine groups is 1. The van der Waals surface area contributed by atoms with Crippen LogP contribution in [0.25, 0.3) is 10.9 Å². The molecule has 8 nitrogen and oxygen atoms in total. The number of aliphatic imine (C=N–C) groups is 1. The van der Waals surface area contributed by atoms with Crippen LogP contribution in [0.2, 0.25) is 0 Å². The Labute approximate surface area is 246 Å². The summed E-state index contributed by atoms with van der Waals surface area (Å²) in [4.78, 5) is 34.4. The molecule has 2 N–H and O–H groups in total. The van der Waals surface area contributed by atoms with Gasteiger partial charge >= 0.3 is 5.69 Å². The summed E-state index contributed by atoms with van der Waals surface area (Å²) < 4.78 is 16.1. The molecule has 2 heterocycles. The van der Waals surface area contributed by atoms with E-state index in [0.29, 0.717) is 40.6 Å². The number of nitrogens with one attached hydrogen (secondary N) is 2. The summed E-state index contributed by atoms with van der Waals surface area (Å²) in [6.07, 6.45) is 2.89. The Bertz CT molecular complexity index is 1620. The van der Waals surface area contributed by atoms with Gasteiger partial charge in [-0.1, -0.05) is 32.9 Å². The van der Waals surface area contributed by atoms with Crippen LogP contribution in [0.15, 0.2) is 57.0 Å². The number of rotatable bonds is 5. The summed E-state index contributed by atoms with van der Waals surface area (Å²) in [6, 6.07) is 12.4. The van der Waals surface area contributed by atoms with Gasteiger partial charge in [-0.3, -0.25) is 13.9 Å². The molecule has 1 aromatic heterocycles. The van der Waals surface area contributed by atoms with Gasteiger partial charge in [-0.25, -0.2) is 14.2 Å². The highest BCUT2D eigenvalue weighted by atomic mass is 19.1. The highest BCUT2D eigenvalue weighted by molar-refractivity contribution is 5.96. The SMILES string of the molecule is C[C@@H]1C(N=C(Nc2ccc3c(=O)n(CCc4ccc(F)cc4)c(=O)n(C)c3c2)N2CCN[C@@H](C)C2)C[C@H]2C[C@@H]1C2(C)C. The first-order chi connectivity index (χ1) is 20.0. The molecule has 2 bridgehead atoms. The number of aromatic nitrogens is 2. The number of benzene rings is 2. The van der Waals surface area contributed by atoms with Crippen LogP contribution in [0.4, 0.5) is 10.1 Å². The van der Waals surface area contributed by atoms with E-state index in [0.717, 1.165) is 49.2 Å². The van der Waals surface area contributed by atoms with Gasteiger partial charge in [-0.15, -0.1) is 0 Å². The standard InChI is InChI=1S/C33H43FN6O2/c1-20-19-39(15-13-35-20)31(37-28-17-23-16-27(21(28)2)33(23,3)4)36-25-10-11-26-29(18-25)38(5)32(42)40(30(26)41)14-12-22-6-8-24(34)9-7-22/h6-11,18,20-21,23,27-28,35H,12-17,19H2,1-5H3,(H,36,37)/t20-,21-,23+,27-,28?/m0/s1. The van der Waals surface area contributed by atoms with Crippen LogP contribution < -0.4 is 21.9 Å².